The van der Waals surface area contributed by atoms with Gasteiger partial charge in [0, 0.05) is 44.4 Å². The second-order valence-electron chi connectivity index (χ2n) is 11.3. The average Bonchev–Trinajstić information content (AvgIpc) is 3.41. The van der Waals surface area contributed by atoms with Gasteiger partial charge in [0.1, 0.15) is 17.2 Å². The molecule has 256 valence electrons. The van der Waals surface area contributed by atoms with Gasteiger partial charge in [-0.05, 0) is 48.1 Å². The largest absolute Gasteiger partial charge is 0.423 e. The number of carbonyl (C=O) groups is 1. The van der Waals surface area contributed by atoms with Crippen molar-refractivity contribution in [2.75, 3.05) is 32.8 Å². The number of fused-ring (bicyclic) bond motifs is 1. The minimum Gasteiger partial charge on any atom is -0.368 e. The van der Waals surface area contributed by atoms with Crippen LogP contribution < -0.4 is 4.72 Å². The van der Waals surface area contributed by atoms with E-state index in [1.807, 2.05) is 0 Å². The molecule has 1 saturated carbocycles. The number of nitrogens with one attached hydrogen (secondary N) is 1. The van der Waals surface area contributed by atoms with Crippen LogP contribution in [0.2, 0.25) is 0 Å². The molecule has 2 fully saturated rings. The van der Waals surface area contributed by atoms with Gasteiger partial charge in [0.2, 0.25) is 10.8 Å². The van der Waals surface area contributed by atoms with Crippen molar-refractivity contribution in [2.45, 2.75) is 61.6 Å². The number of ether oxygens (including phenoxy) is 1. The van der Waals surface area contributed by atoms with Gasteiger partial charge < -0.3 is 9.64 Å². The molecule has 1 aliphatic carbocycles. The normalized spacial score (nSPS) is 21.1. The SMILES string of the molecule is O=C(COC1CCC(N[S+](=O)(O)c2ccc([N+](=O)[O-])c(C(F)(F)F)c2)CC1)N1CCN(Cc2nc3cc(C(F)(F)F)ccc3s2)CC1. The van der Waals surface area contributed by atoms with Gasteiger partial charge in [-0.2, -0.15) is 30.9 Å². The fourth-order valence-corrected chi connectivity index (χ4v) is 7.90. The van der Waals surface area contributed by atoms with Crippen LogP contribution in [0.1, 0.15) is 41.8 Å². The molecule has 5 rings (SSSR count). The number of nitro groups is 1. The lowest BCUT2D eigenvalue weighted by atomic mass is 9.94. The zero-order valence-corrected chi connectivity index (χ0v) is 26.2. The summed E-state index contributed by atoms with van der Waals surface area (Å²) in [5.74, 6) is -0.207. The topological polar surface area (TPSA) is 138 Å². The summed E-state index contributed by atoms with van der Waals surface area (Å²) in [7, 11) is -4.15. The Labute approximate surface area is 269 Å². The number of carbonyl (C=O) groups excluding carboxylic acids is 1. The van der Waals surface area contributed by atoms with E-state index in [0.717, 1.165) is 18.2 Å². The molecule has 2 aliphatic rings. The van der Waals surface area contributed by atoms with Gasteiger partial charge in [0.15, 0.2) is 0 Å². The van der Waals surface area contributed by atoms with Crippen LogP contribution in [0.4, 0.5) is 32.0 Å². The molecule has 2 aromatic carbocycles. The first-order valence-electron chi connectivity index (χ1n) is 14.5. The third-order valence-corrected chi connectivity index (χ3v) is 10.6. The molecule has 2 N–H and O–H groups in total. The lowest BCUT2D eigenvalue weighted by molar-refractivity contribution is -0.388. The number of hydrogen-bond acceptors (Lipinski definition) is 8. The van der Waals surface area contributed by atoms with E-state index >= 15 is 0 Å². The van der Waals surface area contributed by atoms with Crippen molar-refractivity contribution in [1.82, 2.24) is 19.5 Å². The first-order valence-corrected chi connectivity index (χ1v) is 16.8. The number of rotatable bonds is 9. The molecule has 0 radical (unpaired) electrons. The molecule has 47 heavy (non-hydrogen) atoms. The van der Waals surface area contributed by atoms with E-state index in [0.29, 0.717) is 85.8 Å². The Morgan fingerprint density at radius 3 is 2.34 bits per heavy atom. The number of aromatic nitrogens is 1. The number of piperazine rings is 1. The third-order valence-electron chi connectivity index (χ3n) is 8.08. The number of hydrogen-bond donors (Lipinski definition) is 2. The van der Waals surface area contributed by atoms with Crippen molar-refractivity contribution in [3.05, 3.63) is 62.6 Å². The number of nitro benzene ring substituents is 1. The van der Waals surface area contributed by atoms with E-state index < -0.39 is 55.4 Å². The monoisotopic (exact) mass is 710 g/mol. The molecular formula is C28H30F6N5O6S2+. The zero-order valence-electron chi connectivity index (χ0n) is 24.6. The van der Waals surface area contributed by atoms with E-state index in [4.69, 9.17) is 4.74 Å². The molecule has 19 heteroatoms. The number of alkyl halides is 6. The highest BCUT2D eigenvalue weighted by molar-refractivity contribution is 7.95. The number of halogens is 6. The van der Waals surface area contributed by atoms with Crippen molar-refractivity contribution in [2.24, 2.45) is 0 Å². The van der Waals surface area contributed by atoms with Crippen molar-refractivity contribution in [3.63, 3.8) is 0 Å². The van der Waals surface area contributed by atoms with Gasteiger partial charge >= 0.3 is 22.8 Å². The smallest absolute Gasteiger partial charge is 0.368 e. The summed E-state index contributed by atoms with van der Waals surface area (Å²) >= 11 is 1.33. The highest BCUT2D eigenvalue weighted by Gasteiger charge is 2.43. The number of benzene rings is 2. The summed E-state index contributed by atoms with van der Waals surface area (Å²) in [6.45, 7) is 2.25. The molecule has 0 bridgehead atoms. The predicted molar refractivity (Wildman–Crippen MR) is 159 cm³/mol. The highest BCUT2D eigenvalue weighted by Crippen LogP contribution is 2.38. The zero-order chi connectivity index (χ0) is 34.1. The minimum atomic E-state index is -5.10. The van der Waals surface area contributed by atoms with Crippen LogP contribution in [0, 0.1) is 10.1 Å². The summed E-state index contributed by atoms with van der Waals surface area (Å²) in [5.41, 5.74) is -3.29. The molecule has 11 nitrogen and oxygen atoms in total. The Balaban J connectivity index is 1.05. The second-order valence-corrected chi connectivity index (χ2v) is 14.2. The molecule has 1 unspecified atom stereocenters. The van der Waals surface area contributed by atoms with Gasteiger partial charge in [-0.15, -0.1) is 16.1 Å². The van der Waals surface area contributed by atoms with Gasteiger partial charge in [-0.3, -0.25) is 19.8 Å². The molecule has 2 heterocycles. The Morgan fingerprint density at radius 1 is 1.04 bits per heavy atom. The van der Waals surface area contributed by atoms with Crippen LogP contribution in [0.25, 0.3) is 10.2 Å². The lowest BCUT2D eigenvalue weighted by Crippen LogP contribution is -2.49. The van der Waals surface area contributed by atoms with E-state index in [1.165, 1.54) is 17.4 Å². The van der Waals surface area contributed by atoms with E-state index in [9.17, 15) is 50.0 Å². The highest BCUT2D eigenvalue weighted by atomic mass is 32.3. The van der Waals surface area contributed by atoms with E-state index in [1.54, 1.807) is 4.90 Å². The fourth-order valence-electron chi connectivity index (χ4n) is 5.56. The van der Waals surface area contributed by atoms with Crippen molar-refractivity contribution >= 4 is 43.5 Å². The number of thiazole rings is 1. The van der Waals surface area contributed by atoms with E-state index in [-0.39, 0.29) is 18.6 Å². The maximum Gasteiger partial charge on any atom is 0.423 e. The summed E-state index contributed by atoms with van der Waals surface area (Å²) in [6, 6.07) is 4.64. The average molecular weight is 711 g/mol. The van der Waals surface area contributed by atoms with Crippen molar-refractivity contribution in [3.8, 4) is 0 Å². The Morgan fingerprint density at radius 2 is 1.72 bits per heavy atom. The molecule has 0 spiro atoms. The molecule has 1 aliphatic heterocycles. The van der Waals surface area contributed by atoms with Gasteiger partial charge in [0.25, 0.3) is 5.69 Å². The van der Waals surface area contributed by atoms with Gasteiger partial charge in [-0.1, -0.05) is 0 Å². The first-order chi connectivity index (χ1) is 22.0. The van der Waals surface area contributed by atoms with Crippen molar-refractivity contribution < 1.29 is 49.6 Å². The Hall–Kier alpha value is -3.23. The van der Waals surface area contributed by atoms with Gasteiger partial charge in [0.05, 0.1) is 39.4 Å². The minimum absolute atomic E-state index is 0.165. The van der Waals surface area contributed by atoms with E-state index in [2.05, 4.69) is 14.6 Å². The van der Waals surface area contributed by atoms with Gasteiger partial charge in [-0.25, -0.2) is 4.98 Å². The summed E-state index contributed by atoms with van der Waals surface area (Å²) in [4.78, 5) is 30.0. The molecular weight excluding hydrogens is 680 g/mol. The van der Waals surface area contributed by atoms with Crippen LogP contribution in [0.15, 0.2) is 41.3 Å². The Bertz CT molecular complexity index is 1670. The standard InChI is InChI=1S/C28H29F6N5O6S2/c29-27(30,31)17-1-8-24-22(13-17)35-25(46-24)15-37-9-11-38(12-10-37)26(40)16-45-19-4-2-18(3-5-19)36-47(43,44)20-6-7-23(39(41)42)21(14-20)28(32,33)34/h1,6-8,13-14,18-19H,2-5,9-12,15-16H2,(H-,36,43,44)/p+1. The summed E-state index contributed by atoms with van der Waals surface area (Å²) < 4.78 is 111. The quantitative estimate of drug-likeness (QED) is 0.124. The van der Waals surface area contributed by atoms with Crippen LogP contribution in [0.3, 0.4) is 0 Å². The lowest BCUT2D eigenvalue weighted by Gasteiger charge is -2.35. The maximum absolute atomic E-state index is 13.3. The fraction of sp³-hybridized carbons (Fsp3) is 0.500. The molecule has 1 aromatic heterocycles. The molecule has 1 amide bonds. The first kappa shape index (κ1) is 35.1. The van der Waals surface area contributed by atoms with Crippen LogP contribution in [-0.4, -0.2) is 75.1 Å². The Kier molecular flexibility index (Phi) is 10.2. The predicted octanol–water partition coefficient (Wildman–Crippen LogP) is 5.75. The van der Waals surface area contributed by atoms with Crippen LogP contribution >= 0.6 is 11.3 Å². The molecule has 1 atom stereocenters. The maximum atomic E-state index is 13.3. The summed E-state index contributed by atoms with van der Waals surface area (Å²) in [5, 5.41) is 11.7. The van der Waals surface area contributed by atoms with Crippen LogP contribution in [-0.2, 0) is 43.0 Å². The molecule has 3 aromatic rings. The van der Waals surface area contributed by atoms with Crippen molar-refractivity contribution in [1.29, 1.82) is 0 Å². The number of nitrogens with zero attached hydrogens (tertiary/aromatic N) is 4. The summed E-state index contributed by atoms with van der Waals surface area (Å²) in [6.07, 6.45) is -8.30. The third kappa shape index (κ3) is 8.63. The molecule has 1 saturated heterocycles. The van der Waals surface area contributed by atoms with Crippen LogP contribution in [0.5, 0.6) is 0 Å². The number of amides is 1. The second kappa shape index (κ2) is 13.7.